The Balaban J connectivity index is 1.67. The van der Waals surface area contributed by atoms with Crippen molar-refractivity contribution in [2.75, 3.05) is 6.61 Å². The van der Waals surface area contributed by atoms with Crippen LogP contribution in [0, 0.1) is 20.8 Å². The zero-order valence-corrected chi connectivity index (χ0v) is 15.6. The van der Waals surface area contributed by atoms with Crippen molar-refractivity contribution in [3.05, 3.63) is 70.8 Å². The standard InChI is InChI=1S/C22H22N2O3/c1-14-8-9-15(2)22(16(14)3)27-13-21(26)24-23-12-19-18-7-5-4-6-17(18)10-11-20(19)25/h4-12,25H,13H2,1-3H3,(H,24,26). The van der Waals surface area contributed by atoms with E-state index >= 15 is 0 Å². The molecular weight excluding hydrogens is 340 g/mol. The topological polar surface area (TPSA) is 70.9 Å². The number of ether oxygens (including phenoxy) is 1. The second-order valence-corrected chi connectivity index (χ2v) is 6.45. The first-order valence-electron chi connectivity index (χ1n) is 8.69. The summed E-state index contributed by atoms with van der Waals surface area (Å²) < 4.78 is 5.67. The first-order chi connectivity index (χ1) is 13.0. The lowest BCUT2D eigenvalue weighted by Gasteiger charge is -2.13. The Kier molecular flexibility index (Phi) is 5.41. The Bertz CT molecular complexity index is 1030. The van der Waals surface area contributed by atoms with Crippen LogP contribution in [0.15, 0.2) is 53.6 Å². The van der Waals surface area contributed by atoms with E-state index in [1.807, 2.05) is 63.2 Å². The van der Waals surface area contributed by atoms with E-state index < -0.39 is 0 Å². The van der Waals surface area contributed by atoms with Gasteiger partial charge in [-0.15, -0.1) is 0 Å². The highest BCUT2D eigenvalue weighted by molar-refractivity contribution is 6.02. The molecule has 0 saturated carbocycles. The summed E-state index contributed by atoms with van der Waals surface area (Å²) in [5, 5.41) is 15.9. The molecule has 1 amide bonds. The van der Waals surface area contributed by atoms with Crippen LogP contribution in [-0.2, 0) is 4.79 Å². The van der Waals surface area contributed by atoms with Crippen molar-refractivity contribution in [2.24, 2.45) is 5.10 Å². The van der Waals surface area contributed by atoms with Gasteiger partial charge >= 0.3 is 0 Å². The summed E-state index contributed by atoms with van der Waals surface area (Å²) in [7, 11) is 0. The molecule has 0 aliphatic carbocycles. The molecule has 5 heteroatoms. The number of phenols is 1. The lowest BCUT2D eigenvalue weighted by molar-refractivity contribution is -0.123. The Morgan fingerprint density at radius 2 is 1.81 bits per heavy atom. The first kappa shape index (κ1) is 18.5. The summed E-state index contributed by atoms with van der Waals surface area (Å²) >= 11 is 0. The van der Waals surface area contributed by atoms with Crippen LogP contribution in [0.1, 0.15) is 22.3 Å². The first-order valence-corrected chi connectivity index (χ1v) is 8.69. The number of aryl methyl sites for hydroxylation is 2. The zero-order valence-electron chi connectivity index (χ0n) is 15.6. The van der Waals surface area contributed by atoms with Crippen LogP contribution in [0.25, 0.3) is 10.8 Å². The van der Waals surface area contributed by atoms with E-state index in [1.54, 1.807) is 6.07 Å². The molecule has 5 nitrogen and oxygen atoms in total. The van der Waals surface area contributed by atoms with Gasteiger partial charge in [0.2, 0.25) is 0 Å². The van der Waals surface area contributed by atoms with E-state index in [0.717, 1.165) is 33.2 Å². The van der Waals surface area contributed by atoms with E-state index in [0.29, 0.717) is 5.56 Å². The van der Waals surface area contributed by atoms with Gasteiger partial charge in [-0.05, 0) is 54.3 Å². The fourth-order valence-corrected chi connectivity index (χ4v) is 2.91. The smallest absolute Gasteiger partial charge is 0.277 e. The number of aromatic hydroxyl groups is 1. The van der Waals surface area contributed by atoms with E-state index in [4.69, 9.17) is 4.74 Å². The van der Waals surface area contributed by atoms with Crippen LogP contribution in [0.2, 0.25) is 0 Å². The molecule has 138 valence electrons. The minimum Gasteiger partial charge on any atom is -0.507 e. The number of benzene rings is 3. The van der Waals surface area contributed by atoms with Gasteiger partial charge in [0.05, 0.1) is 6.21 Å². The lowest BCUT2D eigenvalue weighted by Crippen LogP contribution is -2.25. The molecule has 3 aromatic carbocycles. The number of nitrogens with zero attached hydrogens (tertiary/aromatic N) is 1. The largest absolute Gasteiger partial charge is 0.507 e. The molecule has 27 heavy (non-hydrogen) atoms. The summed E-state index contributed by atoms with van der Waals surface area (Å²) in [6, 6.07) is 15.1. The normalized spacial score (nSPS) is 11.1. The number of rotatable bonds is 5. The summed E-state index contributed by atoms with van der Waals surface area (Å²) in [4.78, 5) is 12.1. The molecule has 0 aliphatic heterocycles. The molecule has 0 atom stereocenters. The molecule has 0 aromatic heterocycles. The van der Waals surface area contributed by atoms with Gasteiger partial charge in [-0.3, -0.25) is 4.79 Å². The summed E-state index contributed by atoms with van der Waals surface area (Å²) in [5.41, 5.74) is 6.11. The maximum absolute atomic E-state index is 12.1. The van der Waals surface area contributed by atoms with Crippen molar-refractivity contribution in [1.29, 1.82) is 0 Å². The van der Waals surface area contributed by atoms with E-state index in [-0.39, 0.29) is 18.3 Å². The SMILES string of the molecule is Cc1ccc(C)c(OCC(=O)NN=Cc2c(O)ccc3ccccc23)c1C. The highest BCUT2D eigenvalue weighted by atomic mass is 16.5. The van der Waals surface area contributed by atoms with Crippen molar-refractivity contribution >= 4 is 22.9 Å². The van der Waals surface area contributed by atoms with E-state index in [9.17, 15) is 9.90 Å². The van der Waals surface area contributed by atoms with E-state index in [1.165, 1.54) is 6.21 Å². The summed E-state index contributed by atoms with van der Waals surface area (Å²) in [6.45, 7) is 5.78. The van der Waals surface area contributed by atoms with Crippen LogP contribution < -0.4 is 10.2 Å². The average molecular weight is 362 g/mol. The molecule has 3 rings (SSSR count). The van der Waals surface area contributed by atoms with Gasteiger partial charge < -0.3 is 9.84 Å². The molecule has 0 bridgehead atoms. The zero-order chi connectivity index (χ0) is 19.4. The van der Waals surface area contributed by atoms with Gasteiger partial charge in [0.1, 0.15) is 11.5 Å². The number of carbonyl (C=O) groups is 1. The number of hydrogen-bond acceptors (Lipinski definition) is 4. The van der Waals surface area contributed by atoms with Gasteiger partial charge in [0, 0.05) is 5.56 Å². The third-order valence-electron chi connectivity index (χ3n) is 4.55. The maximum atomic E-state index is 12.1. The van der Waals surface area contributed by atoms with Crippen LogP contribution >= 0.6 is 0 Å². The van der Waals surface area contributed by atoms with Crippen LogP contribution in [0.3, 0.4) is 0 Å². The number of amides is 1. The van der Waals surface area contributed by atoms with Crippen molar-refractivity contribution in [1.82, 2.24) is 5.43 Å². The predicted molar refractivity (Wildman–Crippen MR) is 107 cm³/mol. The fraction of sp³-hybridized carbons (Fsp3) is 0.182. The lowest BCUT2D eigenvalue weighted by atomic mass is 10.0. The van der Waals surface area contributed by atoms with Gasteiger partial charge in [-0.2, -0.15) is 5.10 Å². The maximum Gasteiger partial charge on any atom is 0.277 e. The van der Waals surface area contributed by atoms with Crippen molar-refractivity contribution in [2.45, 2.75) is 20.8 Å². The summed E-state index contributed by atoms with van der Waals surface area (Å²) in [6.07, 6.45) is 1.44. The van der Waals surface area contributed by atoms with Crippen molar-refractivity contribution in [3.8, 4) is 11.5 Å². The minimum absolute atomic E-state index is 0.106. The molecular formula is C22H22N2O3. The highest BCUT2D eigenvalue weighted by Crippen LogP contribution is 2.26. The van der Waals surface area contributed by atoms with Gasteiger partial charge in [0.25, 0.3) is 5.91 Å². The van der Waals surface area contributed by atoms with Crippen LogP contribution in [0.4, 0.5) is 0 Å². The Morgan fingerprint density at radius 3 is 2.63 bits per heavy atom. The highest BCUT2D eigenvalue weighted by Gasteiger charge is 2.09. The number of hydrogen-bond donors (Lipinski definition) is 2. The molecule has 0 spiro atoms. The number of hydrazone groups is 1. The number of carbonyl (C=O) groups excluding carboxylic acids is 1. The average Bonchev–Trinajstić information content (AvgIpc) is 2.66. The summed E-state index contributed by atoms with van der Waals surface area (Å²) in [5.74, 6) is 0.459. The molecule has 0 heterocycles. The minimum atomic E-state index is -0.369. The molecule has 3 aromatic rings. The van der Waals surface area contributed by atoms with Crippen LogP contribution in [-0.4, -0.2) is 23.8 Å². The molecule has 0 saturated heterocycles. The Hall–Kier alpha value is -3.34. The monoisotopic (exact) mass is 362 g/mol. The quantitative estimate of drug-likeness (QED) is 0.532. The fourth-order valence-electron chi connectivity index (χ4n) is 2.91. The second kappa shape index (κ2) is 7.91. The molecule has 0 radical (unpaired) electrons. The number of fused-ring (bicyclic) bond motifs is 1. The Labute approximate surface area is 158 Å². The molecule has 2 N–H and O–H groups in total. The number of phenolic OH excluding ortho intramolecular Hbond substituents is 1. The molecule has 0 aliphatic rings. The van der Waals surface area contributed by atoms with Gasteiger partial charge in [0.15, 0.2) is 6.61 Å². The van der Waals surface area contributed by atoms with Crippen molar-refractivity contribution in [3.63, 3.8) is 0 Å². The third-order valence-corrected chi connectivity index (χ3v) is 4.55. The predicted octanol–water partition coefficient (Wildman–Crippen LogP) is 4.00. The number of nitrogens with one attached hydrogen (secondary N) is 1. The van der Waals surface area contributed by atoms with Gasteiger partial charge in [-0.25, -0.2) is 5.43 Å². The molecule has 0 fully saturated rings. The third kappa shape index (κ3) is 4.08. The van der Waals surface area contributed by atoms with Crippen LogP contribution in [0.5, 0.6) is 11.5 Å². The molecule has 0 unspecified atom stereocenters. The van der Waals surface area contributed by atoms with E-state index in [2.05, 4.69) is 10.5 Å². The van der Waals surface area contributed by atoms with Gasteiger partial charge in [-0.1, -0.05) is 42.5 Å². The second-order valence-electron chi connectivity index (χ2n) is 6.45. The Morgan fingerprint density at radius 1 is 1.07 bits per heavy atom. The van der Waals surface area contributed by atoms with Crippen molar-refractivity contribution < 1.29 is 14.6 Å².